The highest BCUT2D eigenvalue weighted by molar-refractivity contribution is 7.18. The SMILES string of the molecule is N#CC(C(=O)c1cccc(N2CCOC2=O)c1)c1nc2ccccc2s1. The molecule has 1 atom stereocenters. The number of amides is 1. The number of fused-ring (bicyclic) bond motifs is 1. The van der Waals surface area contributed by atoms with Crippen LogP contribution in [0.2, 0.25) is 0 Å². The number of carbonyl (C=O) groups is 2. The van der Waals surface area contributed by atoms with Crippen LogP contribution in [0.1, 0.15) is 21.3 Å². The summed E-state index contributed by atoms with van der Waals surface area (Å²) in [5.41, 5.74) is 1.72. The van der Waals surface area contributed by atoms with Crippen LogP contribution in [-0.4, -0.2) is 30.0 Å². The van der Waals surface area contributed by atoms with Crippen LogP contribution in [0.5, 0.6) is 0 Å². The van der Waals surface area contributed by atoms with Gasteiger partial charge in [0.05, 0.1) is 22.8 Å². The van der Waals surface area contributed by atoms with Crippen molar-refractivity contribution in [3.63, 3.8) is 0 Å². The Morgan fingerprint density at radius 1 is 1.27 bits per heavy atom. The first kappa shape index (κ1) is 16.2. The van der Waals surface area contributed by atoms with Crippen LogP contribution in [0.3, 0.4) is 0 Å². The van der Waals surface area contributed by atoms with Gasteiger partial charge in [-0.15, -0.1) is 11.3 Å². The lowest BCUT2D eigenvalue weighted by Gasteiger charge is -2.14. The summed E-state index contributed by atoms with van der Waals surface area (Å²) in [6.07, 6.45) is -0.433. The van der Waals surface area contributed by atoms with Crippen molar-refractivity contribution < 1.29 is 14.3 Å². The summed E-state index contributed by atoms with van der Waals surface area (Å²) in [6, 6.07) is 16.3. The lowest BCUT2D eigenvalue weighted by molar-refractivity contribution is 0.0978. The molecule has 26 heavy (non-hydrogen) atoms. The van der Waals surface area contributed by atoms with Crippen molar-refractivity contribution in [1.82, 2.24) is 4.98 Å². The maximum absolute atomic E-state index is 12.9. The number of carbonyl (C=O) groups excluding carboxylic acids is 2. The number of hydrogen-bond donors (Lipinski definition) is 0. The predicted octanol–water partition coefficient (Wildman–Crippen LogP) is 3.74. The molecule has 2 heterocycles. The topological polar surface area (TPSA) is 83.3 Å². The standard InChI is InChI=1S/C19H13N3O3S/c20-11-14(18-21-15-6-1-2-7-16(15)26-18)17(23)12-4-3-5-13(10-12)22-8-9-25-19(22)24/h1-7,10,14H,8-9H2. The molecule has 0 radical (unpaired) electrons. The fourth-order valence-electron chi connectivity index (χ4n) is 2.86. The molecule has 2 aromatic carbocycles. The third kappa shape index (κ3) is 2.80. The van der Waals surface area contributed by atoms with Crippen LogP contribution < -0.4 is 4.90 Å². The van der Waals surface area contributed by atoms with E-state index in [0.717, 1.165) is 10.2 Å². The molecule has 3 aromatic rings. The zero-order valence-electron chi connectivity index (χ0n) is 13.6. The highest BCUT2D eigenvalue weighted by Crippen LogP contribution is 2.30. The molecule has 0 saturated carbocycles. The van der Waals surface area contributed by atoms with E-state index in [2.05, 4.69) is 11.1 Å². The monoisotopic (exact) mass is 363 g/mol. The van der Waals surface area contributed by atoms with Crippen LogP contribution in [-0.2, 0) is 4.74 Å². The van der Waals surface area contributed by atoms with E-state index in [1.165, 1.54) is 16.2 Å². The Hall–Kier alpha value is -3.24. The van der Waals surface area contributed by atoms with Gasteiger partial charge < -0.3 is 4.74 Å². The minimum Gasteiger partial charge on any atom is -0.447 e. The summed E-state index contributed by atoms with van der Waals surface area (Å²) < 4.78 is 5.87. The number of thiazole rings is 1. The van der Waals surface area contributed by atoms with Gasteiger partial charge in [-0.1, -0.05) is 24.3 Å². The van der Waals surface area contributed by atoms with E-state index in [4.69, 9.17) is 4.74 Å². The minimum absolute atomic E-state index is 0.323. The van der Waals surface area contributed by atoms with Gasteiger partial charge in [0, 0.05) is 11.3 Å². The Kier molecular flexibility index (Phi) is 4.11. The largest absolute Gasteiger partial charge is 0.447 e. The average Bonchev–Trinajstić information content (AvgIpc) is 3.28. The molecule has 1 fully saturated rings. The number of anilines is 1. The first-order valence-corrected chi connectivity index (χ1v) is 8.82. The Bertz CT molecular complexity index is 1020. The van der Waals surface area contributed by atoms with Crippen LogP contribution in [0, 0.1) is 11.3 Å². The molecule has 1 aliphatic heterocycles. The normalized spacial score (nSPS) is 14.9. The van der Waals surface area contributed by atoms with E-state index in [1.807, 2.05) is 24.3 Å². The van der Waals surface area contributed by atoms with Crippen molar-refractivity contribution in [3.8, 4) is 6.07 Å². The van der Waals surface area contributed by atoms with E-state index in [9.17, 15) is 14.9 Å². The number of ketones is 1. The molecule has 0 aliphatic carbocycles. The fraction of sp³-hybridized carbons (Fsp3) is 0.158. The molecule has 7 heteroatoms. The number of para-hydroxylation sites is 1. The molecule has 6 nitrogen and oxygen atoms in total. The van der Waals surface area contributed by atoms with Gasteiger partial charge in [-0.2, -0.15) is 5.26 Å². The second kappa shape index (κ2) is 6.58. The Morgan fingerprint density at radius 3 is 2.85 bits per heavy atom. The van der Waals surface area contributed by atoms with Gasteiger partial charge in [0.25, 0.3) is 0 Å². The third-order valence-electron chi connectivity index (χ3n) is 4.15. The molecule has 1 aliphatic rings. The number of nitriles is 1. The van der Waals surface area contributed by atoms with Crippen LogP contribution in [0.15, 0.2) is 48.5 Å². The first-order valence-electron chi connectivity index (χ1n) is 8.01. The zero-order valence-corrected chi connectivity index (χ0v) is 14.4. The van der Waals surface area contributed by atoms with E-state index in [0.29, 0.717) is 29.4 Å². The molecular weight excluding hydrogens is 350 g/mol. The number of rotatable bonds is 4. The number of aromatic nitrogens is 1. The molecule has 1 saturated heterocycles. The summed E-state index contributed by atoms with van der Waals surface area (Å²) >= 11 is 1.34. The van der Waals surface area contributed by atoms with Gasteiger partial charge >= 0.3 is 6.09 Å². The lowest BCUT2D eigenvalue weighted by atomic mass is 9.99. The number of hydrogen-bond acceptors (Lipinski definition) is 6. The van der Waals surface area contributed by atoms with Crippen molar-refractivity contribution in [2.45, 2.75) is 5.92 Å². The molecular formula is C19H13N3O3S. The van der Waals surface area contributed by atoms with E-state index in [-0.39, 0.29) is 5.78 Å². The predicted molar refractivity (Wildman–Crippen MR) is 97.4 cm³/mol. The molecule has 1 aromatic heterocycles. The van der Waals surface area contributed by atoms with Gasteiger partial charge in [-0.25, -0.2) is 9.78 Å². The molecule has 0 N–H and O–H groups in total. The van der Waals surface area contributed by atoms with Gasteiger partial charge in [-0.05, 0) is 24.3 Å². The zero-order chi connectivity index (χ0) is 18.1. The maximum atomic E-state index is 12.9. The number of Topliss-reactive ketones (excluding diaryl/α,β-unsaturated/α-hetero) is 1. The lowest BCUT2D eigenvalue weighted by Crippen LogP contribution is -2.23. The first-order chi connectivity index (χ1) is 12.7. The smallest absolute Gasteiger partial charge is 0.414 e. The summed E-state index contributed by atoms with van der Waals surface area (Å²) in [5.74, 6) is -1.31. The van der Waals surface area contributed by atoms with Gasteiger partial charge in [0.15, 0.2) is 11.7 Å². The minimum atomic E-state index is -0.979. The quantitative estimate of drug-likeness (QED) is 0.659. The summed E-state index contributed by atoms with van der Waals surface area (Å²) in [6.45, 7) is 0.763. The number of ether oxygens (including phenoxy) is 1. The van der Waals surface area contributed by atoms with Gasteiger partial charge in [0.2, 0.25) is 0 Å². The van der Waals surface area contributed by atoms with Crippen LogP contribution >= 0.6 is 11.3 Å². The van der Waals surface area contributed by atoms with E-state index < -0.39 is 12.0 Å². The summed E-state index contributed by atoms with van der Waals surface area (Å²) in [7, 11) is 0. The highest BCUT2D eigenvalue weighted by Gasteiger charge is 2.28. The summed E-state index contributed by atoms with van der Waals surface area (Å²) in [5, 5.41) is 10.0. The molecule has 4 rings (SSSR count). The highest BCUT2D eigenvalue weighted by atomic mass is 32.1. The van der Waals surface area contributed by atoms with E-state index >= 15 is 0 Å². The third-order valence-corrected chi connectivity index (χ3v) is 5.25. The summed E-state index contributed by atoms with van der Waals surface area (Å²) in [4.78, 5) is 30.5. The number of nitrogens with zero attached hydrogens (tertiary/aromatic N) is 3. The average molecular weight is 363 g/mol. The molecule has 0 bridgehead atoms. The Balaban J connectivity index is 1.67. The fourth-order valence-corrected chi connectivity index (χ4v) is 3.87. The second-order valence-electron chi connectivity index (χ2n) is 5.76. The van der Waals surface area contributed by atoms with Gasteiger partial charge in [-0.3, -0.25) is 9.69 Å². The number of benzene rings is 2. The van der Waals surface area contributed by atoms with Crippen molar-refractivity contribution in [2.24, 2.45) is 0 Å². The van der Waals surface area contributed by atoms with Crippen molar-refractivity contribution in [3.05, 3.63) is 59.1 Å². The molecule has 1 unspecified atom stereocenters. The van der Waals surface area contributed by atoms with Crippen molar-refractivity contribution >= 4 is 39.1 Å². The Morgan fingerprint density at radius 2 is 2.12 bits per heavy atom. The second-order valence-corrected chi connectivity index (χ2v) is 6.82. The van der Waals surface area contributed by atoms with Gasteiger partial charge in [0.1, 0.15) is 11.6 Å². The molecule has 0 spiro atoms. The maximum Gasteiger partial charge on any atom is 0.414 e. The van der Waals surface area contributed by atoms with Crippen molar-refractivity contribution in [1.29, 1.82) is 5.26 Å². The van der Waals surface area contributed by atoms with Crippen LogP contribution in [0.25, 0.3) is 10.2 Å². The molecule has 1 amide bonds. The van der Waals surface area contributed by atoms with E-state index in [1.54, 1.807) is 24.3 Å². The molecule has 128 valence electrons. The Labute approximate surface area is 153 Å². The van der Waals surface area contributed by atoms with Crippen LogP contribution in [0.4, 0.5) is 10.5 Å². The number of cyclic esters (lactones) is 1. The van der Waals surface area contributed by atoms with Crippen molar-refractivity contribution in [2.75, 3.05) is 18.1 Å².